The molecule has 1 aliphatic heterocycles. The smallest absolute Gasteiger partial charge is 0.293 e. The van der Waals surface area contributed by atoms with Gasteiger partial charge in [-0.05, 0) is 46.7 Å². The van der Waals surface area contributed by atoms with Crippen LogP contribution in [0.3, 0.4) is 0 Å². The number of aryl methyl sites for hydroxylation is 2. The first kappa shape index (κ1) is 15.8. The van der Waals surface area contributed by atoms with Crippen molar-refractivity contribution < 1.29 is 4.39 Å². The van der Waals surface area contributed by atoms with Crippen molar-refractivity contribution in [3.05, 3.63) is 38.6 Å². The Morgan fingerprint density at radius 2 is 2.21 bits per heavy atom. The van der Waals surface area contributed by atoms with E-state index in [9.17, 15) is 9.18 Å². The van der Waals surface area contributed by atoms with Crippen LogP contribution in [-0.4, -0.2) is 14.1 Å². The van der Waals surface area contributed by atoms with Gasteiger partial charge in [0.25, 0.3) is 0 Å². The van der Waals surface area contributed by atoms with E-state index in [-0.39, 0.29) is 17.5 Å². The lowest BCUT2D eigenvalue weighted by molar-refractivity contribution is 0.378. The minimum absolute atomic E-state index is 0.0155. The summed E-state index contributed by atoms with van der Waals surface area (Å²) >= 11 is 3.41. The molecule has 3 aromatic rings. The normalized spacial score (nSPS) is 17.3. The second-order valence-corrected chi connectivity index (χ2v) is 7.86. The van der Waals surface area contributed by atoms with Gasteiger partial charge in [0.15, 0.2) is 0 Å². The zero-order valence-corrected chi connectivity index (χ0v) is 15.5. The van der Waals surface area contributed by atoms with Gasteiger partial charge in [0, 0.05) is 24.5 Å². The van der Waals surface area contributed by atoms with Crippen molar-refractivity contribution in [1.29, 1.82) is 0 Å². The van der Waals surface area contributed by atoms with Crippen molar-refractivity contribution in [3.8, 4) is 0 Å². The summed E-state index contributed by atoms with van der Waals surface area (Å²) < 4.78 is 18.3. The quantitative estimate of drug-likeness (QED) is 0.652. The number of pyridine rings is 1. The third kappa shape index (κ3) is 2.08. The first-order valence-corrected chi connectivity index (χ1v) is 9.06. The fourth-order valence-electron chi connectivity index (χ4n) is 3.98. The monoisotopic (exact) mass is 391 g/mol. The van der Waals surface area contributed by atoms with Crippen LogP contribution < -0.4 is 5.69 Å². The molecule has 3 heterocycles. The summed E-state index contributed by atoms with van der Waals surface area (Å²) in [4.78, 5) is 17.3. The molecule has 0 N–H and O–H groups in total. The van der Waals surface area contributed by atoms with Gasteiger partial charge in [-0.25, -0.2) is 9.18 Å². The molecule has 1 aromatic carbocycles. The van der Waals surface area contributed by atoms with Gasteiger partial charge in [0.05, 0.1) is 27.2 Å². The highest BCUT2D eigenvalue weighted by Gasteiger charge is 2.28. The van der Waals surface area contributed by atoms with Crippen molar-refractivity contribution in [2.75, 3.05) is 0 Å². The van der Waals surface area contributed by atoms with Crippen LogP contribution in [0.25, 0.3) is 21.9 Å². The van der Waals surface area contributed by atoms with Crippen LogP contribution in [-0.2, 0) is 13.5 Å². The SMILES string of the molecule is CC(C)C[C@@H]1CCc2c(Br)c(F)cc3ncc4c(c23)n1c(=O)n4C. The molecule has 126 valence electrons. The third-order valence-corrected chi connectivity index (χ3v) is 5.89. The zero-order valence-electron chi connectivity index (χ0n) is 13.9. The highest BCUT2D eigenvalue weighted by molar-refractivity contribution is 9.10. The number of halogens is 2. The third-order valence-electron chi connectivity index (χ3n) is 5.03. The van der Waals surface area contributed by atoms with Crippen molar-refractivity contribution in [2.24, 2.45) is 13.0 Å². The standard InChI is InChI=1S/C18H19BrFN3O/c1-9(2)6-10-4-5-11-15-13(7-12(20)16(11)19)21-8-14-17(15)23(10)18(24)22(14)3/h7-10H,4-6H2,1-3H3/t10-/m0/s1. The predicted molar refractivity (Wildman–Crippen MR) is 97.0 cm³/mol. The minimum atomic E-state index is -0.295. The Labute approximate surface area is 147 Å². The fourth-order valence-corrected chi connectivity index (χ4v) is 4.49. The van der Waals surface area contributed by atoms with E-state index in [0.717, 1.165) is 41.2 Å². The highest BCUT2D eigenvalue weighted by atomic mass is 79.9. The molecule has 6 heteroatoms. The summed E-state index contributed by atoms with van der Waals surface area (Å²) in [5, 5.41) is 0.907. The fraction of sp³-hybridized carbons (Fsp3) is 0.444. The maximum absolute atomic E-state index is 14.3. The maximum atomic E-state index is 14.3. The van der Waals surface area contributed by atoms with Crippen LogP contribution in [0.4, 0.5) is 4.39 Å². The lowest BCUT2D eigenvalue weighted by Crippen LogP contribution is -2.27. The highest BCUT2D eigenvalue weighted by Crippen LogP contribution is 2.39. The molecule has 0 saturated carbocycles. The van der Waals surface area contributed by atoms with Crippen LogP contribution in [0.15, 0.2) is 21.5 Å². The molecule has 24 heavy (non-hydrogen) atoms. The van der Waals surface area contributed by atoms with Gasteiger partial charge in [0.2, 0.25) is 0 Å². The van der Waals surface area contributed by atoms with Gasteiger partial charge in [0.1, 0.15) is 5.82 Å². The number of hydrogen-bond donors (Lipinski definition) is 0. The van der Waals surface area contributed by atoms with Gasteiger partial charge >= 0.3 is 5.69 Å². The van der Waals surface area contributed by atoms with Gasteiger partial charge in [-0.1, -0.05) is 13.8 Å². The van der Waals surface area contributed by atoms with Crippen molar-refractivity contribution in [2.45, 2.75) is 39.2 Å². The van der Waals surface area contributed by atoms with Gasteiger partial charge in [-0.15, -0.1) is 0 Å². The number of rotatable bonds is 2. The number of nitrogens with zero attached hydrogens (tertiary/aromatic N) is 3. The Kier molecular flexibility index (Phi) is 3.56. The summed E-state index contributed by atoms with van der Waals surface area (Å²) in [5.74, 6) is 0.187. The molecule has 0 bridgehead atoms. The van der Waals surface area contributed by atoms with Crippen LogP contribution in [0, 0.1) is 11.7 Å². The molecular formula is C18H19BrFN3O. The van der Waals surface area contributed by atoms with E-state index in [0.29, 0.717) is 15.9 Å². The molecule has 2 aromatic heterocycles. The van der Waals surface area contributed by atoms with E-state index in [1.54, 1.807) is 17.8 Å². The second kappa shape index (κ2) is 5.41. The molecule has 1 atom stereocenters. The van der Waals surface area contributed by atoms with Crippen LogP contribution in [0.1, 0.15) is 38.3 Å². The Bertz CT molecular complexity index is 1030. The second-order valence-electron chi connectivity index (χ2n) is 7.07. The summed E-state index contributed by atoms with van der Waals surface area (Å²) in [5.41, 5.74) is 3.23. The molecule has 0 fully saturated rings. The lowest BCUT2D eigenvalue weighted by atomic mass is 9.97. The Morgan fingerprint density at radius 3 is 2.92 bits per heavy atom. The first-order chi connectivity index (χ1) is 11.4. The van der Waals surface area contributed by atoms with E-state index in [2.05, 4.69) is 34.8 Å². The van der Waals surface area contributed by atoms with Crippen LogP contribution >= 0.6 is 15.9 Å². The Balaban J connectivity index is 2.19. The van der Waals surface area contributed by atoms with Gasteiger partial charge in [-0.3, -0.25) is 14.1 Å². The van der Waals surface area contributed by atoms with E-state index in [1.165, 1.54) is 6.07 Å². The molecule has 0 amide bonds. The summed E-state index contributed by atoms with van der Waals surface area (Å²) in [6.45, 7) is 4.34. The molecule has 0 saturated heterocycles. The average Bonchev–Trinajstić information content (AvgIpc) is 2.67. The Morgan fingerprint density at radius 1 is 1.46 bits per heavy atom. The van der Waals surface area contributed by atoms with Crippen molar-refractivity contribution in [1.82, 2.24) is 14.1 Å². The summed E-state index contributed by atoms with van der Waals surface area (Å²) in [6.07, 6.45) is 4.17. The molecule has 4 nitrogen and oxygen atoms in total. The molecule has 0 radical (unpaired) electrons. The molecule has 0 aliphatic carbocycles. The number of imidazole rings is 1. The number of aromatic nitrogens is 3. The number of benzene rings is 1. The lowest BCUT2D eigenvalue weighted by Gasteiger charge is -2.19. The topological polar surface area (TPSA) is 39.8 Å². The predicted octanol–water partition coefficient (Wildman–Crippen LogP) is 4.32. The van der Waals surface area contributed by atoms with Crippen LogP contribution in [0.5, 0.6) is 0 Å². The van der Waals surface area contributed by atoms with E-state index < -0.39 is 0 Å². The molecule has 1 aliphatic rings. The molecule has 4 rings (SSSR count). The van der Waals surface area contributed by atoms with Gasteiger partial charge in [-0.2, -0.15) is 0 Å². The van der Waals surface area contributed by atoms with Gasteiger partial charge < -0.3 is 0 Å². The van der Waals surface area contributed by atoms with E-state index in [4.69, 9.17) is 0 Å². The zero-order chi connectivity index (χ0) is 17.2. The van der Waals surface area contributed by atoms with E-state index in [1.807, 2.05) is 4.57 Å². The maximum Gasteiger partial charge on any atom is 0.329 e. The molecule has 0 unspecified atom stereocenters. The minimum Gasteiger partial charge on any atom is -0.293 e. The Hall–Kier alpha value is -1.69. The average molecular weight is 392 g/mol. The summed E-state index contributed by atoms with van der Waals surface area (Å²) in [6, 6.07) is 1.57. The largest absolute Gasteiger partial charge is 0.329 e. The summed E-state index contributed by atoms with van der Waals surface area (Å²) in [7, 11) is 1.78. The van der Waals surface area contributed by atoms with E-state index >= 15 is 0 Å². The molecular weight excluding hydrogens is 373 g/mol. The van der Waals surface area contributed by atoms with Crippen molar-refractivity contribution >= 4 is 37.9 Å². The number of hydrogen-bond acceptors (Lipinski definition) is 2. The van der Waals surface area contributed by atoms with Crippen molar-refractivity contribution in [3.63, 3.8) is 0 Å². The first-order valence-electron chi connectivity index (χ1n) is 8.26. The van der Waals surface area contributed by atoms with Crippen LogP contribution in [0.2, 0.25) is 0 Å². The molecule has 0 spiro atoms.